The van der Waals surface area contributed by atoms with E-state index in [-0.39, 0.29) is 30.7 Å². The molecule has 2 saturated heterocycles. The summed E-state index contributed by atoms with van der Waals surface area (Å²) in [7, 11) is 0. The molecule has 2 fully saturated rings. The van der Waals surface area contributed by atoms with E-state index in [9.17, 15) is 14.4 Å². The van der Waals surface area contributed by atoms with Crippen LogP contribution >= 0.6 is 11.6 Å². The van der Waals surface area contributed by atoms with Crippen LogP contribution in [0.3, 0.4) is 0 Å². The molecule has 9 nitrogen and oxygen atoms in total. The molecule has 302 valence electrons. The largest absolute Gasteiger partial charge is 0.493 e. The van der Waals surface area contributed by atoms with Crippen molar-refractivity contribution in [1.82, 2.24) is 15.5 Å². The normalized spacial score (nSPS) is 20.1. The lowest BCUT2D eigenvalue weighted by molar-refractivity contribution is -0.122. The first-order chi connectivity index (χ1) is 28.0. The fourth-order valence-corrected chi connectivity index (χ4v) is 8.28. The minimum absolute atomic E-state index is 0.0267. The number of fused-ring (bicyclic) bond motifs is 1. The van der Waals surface area contributed by atoms with E-state index in [2.05, 4.69) is 26.4 Å². The maximum absolute atomic E-state index is 16.2. The van der Waals surface area contributed by atoms with Crippen LogP contribution in [-0.4, -0.2) is 61.5 Å². The highest BCUT2D eigenvalue weighted by molar-refractivity contribution is 6.32. The molecule has 3 aliphatic rings. The van der Waals surface area contributed by atoms with Gasteiger partial charge in [-0.2, -0.15) is 5.26 Å². The van der Waals surface area contributed by atoms with Gasteiger partial charge in [0.15, 0.2) is 11.8 Å². The standard InChI is InChI=1S/C46H48ClF2N5O4/c1-29-35(7-5-10-41(29)56-18-6-15-54-16-13-46(2,49)14-17-54)36-8-4-9-37-38(36)23-40(48)45(37)58-43-24-42(57-28-31-19-30(25-50)20-34(21-31)51-3)32(22-39(43)47)26-52-33-11-12-44(55)53-27-33/h4-5,7-10,19-22,24,33,40,45,52H,6,11-18,23,26-28H2,1-2H3,(H,53,55)/t33-,40-,45+/m0/s1. The third-order valence-corrected chi connectivity index (χ3v) is 11.7. The smallest absolute Gasteiger partial charge is 0.220 e. The molecule has 0 bridgehead atoms. The number of nitrogens with zero attached hydrogens (tertiary/aromatic N) is 3. The number of ether oxygens (including phenoxy) is 3. The van der Waals surface area contributed by atoms with Crippen molar-refractivity contribution in [1.29, 1.82) is 5.26 Å². The highest BCUT2D eigenvalue weighted by Gasteiger charge is 2.37. The maximum Gasteiger partial charge on any atom is 0.220 e. The number of likely N-dealkylation sites (tertiary alicyclic amines) is 1. The second kappa shape index (κ2) is 18.2. The van der Waals surface area contributed by atoms with Crippen molar-refractivity contribution < 1.29 is 27.8 Å². The van der Waals surface area contributed by atoms with Crippen molar-refractivity contribution in [3.05, 3.63) is 117 Å². The van der Waals surface area contributed by atoms with Gasteiger partial charge in [-0.25, -0.2) is 13.6 Å². The lowest BCUT2D eigenvalue weighted by atomic mass is 9.93. The van der Waals surface area contributed by atoms with Crippen molar-refractivity contribution in [2.75, 3.05) is 32.8 Å². The quantitative estimate of drug-likeness (QED) is 0.0968. The molecule has 2 aliphatic heterocycles. The summed E-state index contributed by atoms with van der Waals surface area (Å²) in [5.74, 6) is 1.52. The number of rotatable bonds is 14. The lowest BCUT2D eigenvalue weighted by Crippen LogP contribution is -2.45. The van der Waals surface area contributed by atoms with Gasteiger partial charge in [0.05, 0.1) is 24.3 Å². The van der Waals surface area contributed by atoms with Gasteiger partial charge < -0.3 is 29.7 Å². The Balaban J connectivity index is 1.09. The van der Waals surface area contributed by atoms with Gasteiger partial charge in [0, 0.05) is 68.8 Å². The first-order valence-corrected chi connectivity index (χ1v) is 20.3. The maximum atomic E-state index is 16.2. The molecule has 12 heteroatoms. The minimum atomic E-state index is -1.34. The Hall–Kier alpha value is -5.20. The molecule has 3 atom stereocenters. The third kappa shape index (κ3) is 9.73. The van der Waals surface area contributed by atoms with Crippen molar-refractivity contribution in [3.8, 4) is 34.4 Å². The molecule has 1 amide bonds. The number of piperidine rings is 2. The number of carbonyl (C=O) groups excluding carboxylic acids is 1. The molecule has 1 aliphatic carbocycles. The Kier molecular flexibility index (Phi) is 12.8. The number of nitrogens with one attached hydrogen (secondary N) is 2. The van der Waals surface area contributed by atoms with Gasteiger partial charge in [0.25, 0.3) is 0 Å². The van der Waals surface area contributed by atoms with Crippen molar-refractivity contribution in [3.63, 3.8) is 0 Å². The van der Waals surface area contributed by atoms with Gasteiger partial charge in [-0.05, 0) is 103 Å². The van der Waals surface area contributed by atoms with Crippen LogP contribution in [0.4, 0.5) is 14.5 Å². The van der Waals surface area contributed by atoms with Gasteiger partial charge in [-0.3, -0.25) is 4.79 Å². The fraction of sp³-hybridized carbons (Fsp3) is 0.413. The Labute approximate surface area is 344 Å². The van der Waals surface area contributed by atoms with Crippen LogP contribution in [0.2, 0.25) is 5.02 Å². The topological polar surface area (TPSA) is 100 Å². The Morgan fingerprint density at radius 3 is 2.62 bits per heavy atom. The molecule has 58 heavy (non-hydrogen) atoms. The molecule has 0 saturated carbocycles. The minimum Gasteiger partial charge on any atom is -0.493 e. The van der Waals surface area contributed by atoms with Crippen LogP contribution in [0.25, 0.3) is 16.0 Å². The van der Waals surface area contributed by atoms with Gasteiger partial charge >= 0.3 is 0 Å². The van der Waals surface area contributed by atoms with E-state index in [1.54, 1.807) is 31.2 Å². The fourth-order valence-electron chi connectivity index (χ4n) is 8.05. The van der Waals surface area contributed by atoms with E-state index in [0.717, 1.165) is 65.2 Å². The van der Waals surface area contributed by atoms with Crippen molar-refractivity contribution in [2.45, 2.75) is 89.5 Å². The van der Waals surface area contributed by atoms with E-state index in [1.807, 2.05) is 43.3 Å². The van der Waals surface area contributed by atoms with Crippen LogP contribution < -0.4 is 24.8 Å². The average molecular weight is 808 g/mol. The number of benzene rings is 4. The lowest BCUT2D eigenvalue weighted by Gasteiger charge is -2.34. The van der Waals surface area contributed by atoms with Crippen LogP contribution in [-0.2, 0) is 24.4 Å². The number of hydrogen-bond acceptors (Lipinski definition) is 7. The van der Waals surface area contributed by atoms with Gasteiger partial charge in [-0.15, -0.1) is 0 Å². The van der Waals surface area contributed by atoms with Crippen LogP contribution in [0.1, 0.15) is 78.5 Å². The molecular weight excluding hydrogens is 760 g/mol. The summed E-state index contributed by atoms with van der Waals surface area (Å²) in [5, 5.41) is 16.2. The number of halogens is 3. The van der Waals surface area contributed by atoms with E-state index in [4.69, 9.17) is 32.4 Å². The molecule has 0 spiro atoms. The van der Waals surface area contributed by atoms with E-state index < -0.39 is 17.9 Å². The summed E-state index contributed by atoms with van der Waals surface area (Å²) in [6, 6.07) is 22.2. The van der Waals surface area contributed by atoms with Crippen molar-refractivity contribution >= 4 is 23.2 Å². The highest BCUT2D eigenvalue weighted by Crippen LogP contribution is 2.45. The zero-order valence-electron chi connectivity index (χ0n) is 32.9. The predicted molar refractivity (Wildman–Crippen MR) is 220 cm³/mol. The molecule has 0 unspecified atom stereocenters. The average Bonchev–Trinajstić information content (AvgIpc) is 3.54. The summed E-state index contributed by atoms with van der Waals surface area (Å²) in [4.78, 5) is 17.5. The highest BCUT2D eigenvalue weighted by atomic mass is 35.5. The zero-order valence-corrected chi connectivity index (χ0v) is 33.6. The molecule has 4 aromatic rings. The zero-order chi connectivity index (χ0) is 40.8. The van der Waals surface area contributed by atoms with Gasteiger partial charge in [-0.1, -0.05) is 41.9 Å². The monoisotopic (exact) mass is 807 g/mol. The van der Waals surface area contributed by atoms with Gasteiger partial charge in [0.2, 0.25) is 5.91 Å². The van der Waals surface area contributed by atoms with Gasteiger partial charge in [0.1, 0.15) is 35.7 Å². The summed E-state index contributed by atoms with van der Waals surface area (Å²) < 4.78 is 49.4. The Morgan fingerprint density at radius 1 is 1.07 bits per heavy atom. The second-order valence-electron chi connectivity index (χ2n) is 15.7. The van der Waals surface area contributed by atoms with Crippen molar-refractivity contribution in [2.24, 2.45) is 0 Å². The van der Waals surface area contributed by atoms with Crippen LogP contribution in [0.15, 0.2) is 66.7 Å². The Bertz CT molecular complexity index is 2180. The molecule has 4 aromatic carbocycles. The van der Waals surface area contributed by atoms with E-state index in [1.165, 1.54) is 6.07 Å². The van der Waals surface area contributed by atoms with Crippen LogP contribution in [0.5, 0.6) is 17.2 Å². The van der Waals surface area contributed by atoms with E-state index >= 15 is 4.39 Å². The number of alkyl halides is 2. The molecular formula is C46H48ClF2N5O4. The molecule has 2 heterocycles. The summed E-state index contributed by atoms with van der Waals surface area (Å²) in [5.41, 5.74) is 5.46. The predicted octanol–water partition coefficient (Wildman–Crippen LogP) is 9.29. The molecule has 0 aromatic heterocycles. The first kappa shape index (κ1) is 41.0. The number of amides is 1. The summed E-state index contributed by atoms with van der Waals surface area (Å²) >= 11 is 6.88. The van der Waals surface area contributed by atoms with Crippen LogP contribution in [0, 0.1) is 24.8 Å². The SMILES string of the molecule is [C-]#[N+]c1cc(C#N)cc(COc2cc(O[C@@H]3c4cccc(-c5cccc(OCCCN6CCC(C)(F)CC6)c5C)c4C[C@@H]3F)c(Cl)cc2CN[C@H]2CCC(=O)NC2)c1. The Morgan fingerprint density at radius 2 is 1.86 bits per heavy atom. The second-order valence-corrected chi connectivity index (χ2v) is 16.1. The number of nitriles is 1. The number of hydrogen-bond donors (Lipinski definition) is 2. The third-order valence-electron chi connectivity index (χ3n) is 11.4. The van der Waals surface area contributed by atoms with E-state index in [0.29, 0.717) is 73.0 Å². The first-order valence-electron chi connectivity index (χ1n) is 19.9. The molecule has 0 radical (unpaired) electrons. The summed E-state index contributed by atoms with van der Waals surface area (Å²) in [6.45, 7) is 15.0. The molecule has 7 rings (SSSR count). The summed E-state index contributed by atoms with van der Waals surface area (Å²) in [6.07, 6.45) is 0.977. The number of carbonyl (C=O) groups is 1. The molecule has 2 N–H and O–H groups in total.